The van der Waals surface area contributed by atoms with Crippen molar-refractivity contribution in [2.24, 2.45) is 0 Å². The van der Waals surface area contributed by atoms with Gasteiger partial charge in [0.2, 0.25) is 0 Å². The standard InChI is InChI=1S/C21H21F3N2O3/c1-13-8-16(9-17(11-25)20(27)29-14(2)12-28-4)15(3)26(13)19-7-5-6-18(10-19)21(22,23)24/h5-10,14H,12H2,1-4H3/b17-9+/t14-/m1/s1. The zero-order chi connectivity index (χ0) is 21.8. The van der Waals surface area contributed by atoms with Crippen LogP contribution in [0.1, 0.15) is 29.4 Å². The van der Waals surface area contributed by atoms with E-state index in [0.717, 1.165) is 12.1 Å². The van der Waals surface area contributed by atoms with E-state index in [1.54, 1.807) is 37.5 Å². The quantitative estimate of drug-likeness (QED) is 0.400. The van der Waals surface area contributed by atoms with Crippen molar-refractivity contribution >= 4 is 12.0 Å². The van der Waals surface area contributed by atoms with Gasteiger partial charge in [0.15, 0.2) is 0 Å². The van der Waals surface area contributed by atoms with Crippen molar-refractivity contribution in [1.82, 2.24) is 4.57 Å². The largest absolute Gasteiger partial charge is 0.456 e. The van der Waals surface area contributed by atoms with Gasteiger partial charge in [-0.1, -0.05) is 6.07 Å². The van der Waals surface area contributed by atoms with E-state index in [9.17, 15) is 23.2 Å². The van der Waals surface area contributed by atoms with E-state index in [0.29, 0.717) is 22.6 Å². The van der Waals surface area contributed by atoms with Crippen molar-refractivity contribution in [1.29, 1.82) is 5.26 Å². The molecule has 1 aromatic carbocycles. The van der Waals surface area contributed by atoms with E-state index in [1.165, 1.54) is 19.3 Å². The summed E-state index contributed by atoms with van der Waals surface area (Å²) in [6, 6.07) is 8.46. The number of carbonyl (C=O) groups excluding carboxylic acids is 1. The number of hydrogen-bond donors (Lipinski definition) is 0. The summed E-state index contributed by atoms with van der Waals surface area (Å²) in [6.07, 6.45) is -3.61. The summed E-state index contributed by atoms with van der Waals surface area (Å²) in [5, 5.41) is 9.33. The average Bonchev–Trinajstić information content (AvgIpc) is 2.92. The number of nitrogens with zero attached hydrogens (tertiary/aromatic N) is 2. The first-order chi connectivity index (χ1) is 13.6. The van der Waals surface area contributed by atoms with Gasteiger partial charge < -0.3 is 14.0 Å². The molecule has 0 aliphatic rings. The molecule has 154 valence electrons. The van der Waals surface area contributed by atoms with Crippen LogP contribution in [0, 0.1) is 25.2 Å². The average molecular weight is 406 g/mol. The molecule has 0 spiro atoms. The minimum atomic E-state index is -4.45. The third-order valence-corrected chi connectivity index (χ3v) is 4.25. The second kappa shape index (κ2) is 8.97. The van der Waals surface area contributed by atoms with Gasteiger partial charge in [0, 0.05) is 24.2 Å². The summed E-state index contributed by atoms with van der Waals surface area (Å²) >= 11 is 0. The number of rotatable bonds is 6. The molecule has 0 saturated heterocycles. The number of benzene rings is 1. The third kappa shape index (κ3) is 5.27. The second-order valence-corrected chi connectivity index (χ2v) is 6.55. The topological polar surface area (TPSA) is 64.2 Å². The smallest absolute Gasteiger partial charge is 0.416 e. The van der Waals surface area contributed by atoms with Gasteiger partial charge in [0.1, 0.15) is 17.7 Å². The molecule has 0 unspecified atom stereocenters. The van der Waals surface area contributed by atoms with Crippen molar-refractivity contribution in [3.8, 4) is 11.8 Å². The molecule has 0 N–H and O–H groups in total. The van der Waals surface area contributed by atoms with Crippen LogP contribution in [0.3, 0.4) is 0 Å². The van der Waals surface area contributed by atoms with Gasteiger partial charge in [-0.2, -0.15) is 18.4 Å². The van der Waals surface area contributed by atoms with Crippen LogP contribution in [0.15, 0.2) is 35.9 Å². The van der Waals surface area contributed by atoms with Crippen molar-refractivity contribution < 1.29 is 27.4 Å². The maximum Gasteiger partial charge on any atom is 0.416 e. The molecule has 1 heterocycles. The van der Waals surface area contributed by atoms with Gasteiger partial charge in [0.05, 0.1) is 12.2 Å². The zero-order valence-corrected chi connectivity index (χ0v) is 16.5. The lowest BCUT2D eigenvalue weighted by Crippen LogP contribution is -2.20. The fraction of sp³-hybridized carbons (Fsp3) is 0.333. The molecule has 2 aromatic rings. The lowest BCUT2D eigenvalue weighted by Gasteiger charge is -2.13. The Bertz CT molecular complexity index is 969. The van der Waals surface area contributed by atoms with Crippen LogP contribution in [-0.4, -0.2) is 30.4 Å². The lowest BCUT2D eigenvalue weighted by atomic mass is 10.1. The Balaban J connectivity index is 2.42. The van der Waals surface area contributed by atoms with Gasteiger partial charge >= 0.3 is 12.1 Å². The molecule has 29 heavy (non-hydrogen) atoms. The number of carbonyl (C=O) groups is 1. The number of aryl methyl sites for hydroxylation is 1. The Kier molecular flexibility index (Phi) is 6.88. The third-order valence-electron chi connectivity index (χ3n) is 4.25. The van der Waals surface area contributed by atoms with Gasteiger partial charge in [-0.05, 0) is 56.7 Å². The van der Waals surface area contributed by atoms with E-state index in [4.69, 9.17) is 9.47 Å². The highest BCUT2D eigenvalue weighted by atomic mass is 19.4. The number of nitriles is 1. The SMILES string of the molecule is COC[C@@H](C)OC(=O)/C(C#N)=C/c1cc(C)n(-c2cccc(C(F)(F)F)c2)c1C. The number of hydrogen-bond acceptors (Lipinski definition) is 4. The van der Waals surface area contributed by atoms with Crippen molar-refractivity contribution in [2.45, 2.75) is 33.1 Å². The van der Waals surface area contributed by atoms with Gasteiger partial charge in [-0.3, -0.25) is 0 Å². The molecular weight excluding hydrogens is 385 g/mol. The fourth-order valence-corrected chi connectivity index (χ4v) is 2.96. The van der Waals surface area contributed by atoms with Crippen LogP contribution in [0.2, 0.25) is 0 Å². The van der Waals surface area contributed by atoms with E-state index in [-0.39, 0.29) is 12.2 Å². The Labute approximate surface area is 167 Å². The molecule has 0 radical (unpaired) electrons. The van der Waals surface area contributed by atoms with Gasteiger partial charge in [0.25, 0.3) is 0 Å². The van der Waals surface area contributed by atoms with E-state index < -0.39 is 23.8 Å². The van der Waals surface area contributed by atoms with Crippen molar-refractivity contribution in [3.63, 3.8) is 0 Å². The number of aromatic nitrogens is 1. The molecule has 2 rings (SSSR count). The summed E-state index contributed by atoms with van der Waals surface area (Å²) in [6.45, 7) is 5.26. The van der Waals surface area contributed by atoms with Gasteiger partial charge in [-0.25, -0.2) is 4.79 Å². The van der Waals surface area contributed by atoms with Crippen LogP contribution >= 0.6 is 0 Å². The molecule has 0 saturated carbocycles. The molecule has 0 aliphatic heterocycles. The minimum absolute atomic E-state index is 0.189. The monoisotopic (exact) mass is 406 g/mol. The Hall–Kier alpha value is -3.05. The molecule has 0 fully saturated rings. The first-order valence-corrected chi connectivity index (χ1v) is 8.76. The van der Waals surface area contributed by atoms with E-state index >= 15 is 0 Å². The molecule has 0 aliphatic carbocycles. The normalized spacial score (nSPS) is 13.1. The minimum Gasteiger partial charge on any atom is -0.456 e. The first kappa shape index (κ1) is 22.2. The summed E-state index contributed by atoms with van der Waals surface area (Å²) in [4.78, 5) is 12.2. The van der Waals surface area contributed by atoms with E-state index in [1.807, 2.05) is 6.07 Å². The molecular formula is C21H21F3N2O3. The van der Waals surface area contributed by atoms with Gasteiger partial charge in [-0.15, -0.1) is 0 Å². The number of ether oxygens (including phenoxy) is 2. The summed E-state index contributed by atoms with van der Waals surface area (Å²) in [7, 11) is 1.47. The van der Waals surface area contributed by atoms with Crippen LogP contribution in [0.5, 0.6) is 0 Å². The predicted octanol–water partition coefficient (Wildman–Crippen LogP) is 4.60. The zero-order valence-electron chi connectivity index (χ0n) is 16.5. The highest BCUT2D eigenvalue weighted by Gasteiger charge is 2.30. The molecule has 5 nitrogen and oxygen atoms in total. The maximum atomic E-state index is 13.0. The van der Waals surface area contributed by atoms with Crippen LogP contribution in [-0.2, 0) is 20.4 Å². The number of esters is 1. The van der Waals surface area contributed by atoms with Crippen LogP contribution in [0.4, 0.5) is 13.2 Å². The summed E-state index contributed by atoms with van der Waals surface area (Å²) < 4.78 is 50.8. The highest BCUT2D eigenvalue weighted by molar-refractivity contribution is 5.98. The Morgan fingerprint density at radius 3 is 2.59 bits per heavy atom. The second-order valence-electron chi connectivity index (χ2n) is 6.55. The van der Waals surface area contributed by atoms with Crippen molar-refractivity contribution in [2.75, 3.05) is 13.7 Å². The molecule has 0 bridgehead atoms. The number of alkyl halides is 3. The molecule has 1 aromatic heterocycles. The van der Waals surface area contributed by atoms with Crippen molar-refractivity contribution in [3.05, 3.63) is 58.4 Å². The first-order valence-electron chi connectivity index (χ1n) is 8.76. The van der Waals surface area contributed by atoms with E-state index in [2.05, 4.69) is 0 Å². The maximum absolute atomic E-state index is 13.0. The van der Waals surface area contributed by atoms with Crippen LogP contribution in [0.25, 0.3) is 11.8 Å². The lowest BCUT2D eigenvalue weighted by molar-refractivity contribution is -0.145. The summed E-state index contributed by atoms with van der Waals surface area (Å²) in [5.74, 6) is -0.791. The Morgan fingerprint density at radius 2 is 2.00 bits per heavy atom. The number of methoxy groups -OCH3 is 1. The number of halogens is 3. The molecule has 1 atom stereocenters. The Morgan fingerprint density at radius 1 is 1.31 bits per heavy atom. The van der Waals surface area contributed by atoms with Crippen LogP contribution < -0.4 is 0 Å². The molecule has 0 amide bonds. The molecule has 8 heteroatoms. The summed E-state index contributed by atoms with van der Waals surface area (Å²) in [5.41, 5.74) is 1.15. The fourth-order valence-electron chi connectivity index (χ4n) is 2.96. The predicted molar refractivity (Wildman–Crippen MR) is 101 cm³/mol. The highest BCUT2D eigenvalue weighted by Crippen LogP contribution is 2.31.